The quantitative estimate of drug-likeness (QED) is 0.123. The van der Waals surface area contributed by atoms with Gasteiger partial charge in [0.2, 0.25) is 10.0 Å². The molecule has 4 N–H and O–H groups in total. The lowest BCUT2D eigenvalue weighted by molar-refractivity contribution is -0.181. The lowest BCUT2D eigenvalue weighted by Crippen LogP contribution is -2.43. The first-order chi connectivity index (χ1) is 27.0. The van der Waals surface area contributed by atoms with Gasteiger partial charge in [-0.05, 0) is 104 Å². The fourth-order valence-corrected chi connectivity index (χ4v) is 10.7. The average Bonchev–Trinajstić information content (AvgIpc) is 3.80. The van der Waals surface area contributed by atoms with E-state index in [0.717, 1.165) is 28.8 Å². The van der Waals surface area contributed by atoms with Gasteiger partial charge in [-0.25, -0.2) is 22.8 Å². The zero-order valence-corrected chi connectivity index (χ0v) is 35.0. The molecule has 3 heterocycles. The number of carboxylic acid groups (broad SMARTS) is 1. The lowest BCUT2D eigenvalue weighted by Gasteiger charge is -2.29. The number of alkyl carbamates (subject to hydrolysis) is 1. The van der Waals surface area contributed by atoms with E-state index in [4.69, 9.17) is 18.9 Å². The standard InChI is InChI=1S/C41H54N4O10S2/c1-25(2)23-45(57(50,51)30-13-11-29(52-6)12-14-30)19-16-28(43-39(49)55-33-24-54-41(5)32(33)17-20-53-41)21-26-7-9-27(10-8-26)42-38(48)44-36-35(37(46)47)31-22-40(3,4)18-15-34(31)56-36/h7-14,25,28,32-33H,15-24H2,1-6H3,(H,43,49)(H,46,47)(H2,42,44,48)/t28-,32+,33+,41-/m1/s1. The number of ether oxygens (including phenoxy) is 4. The number of thiophene rings is 1. The van der Waals surface area contributed by atoms with Crippen LogP contribution in [0.5, 0.6) is 5.75 Å². The number of sulfonamides is 1. The third-order valence-electron chi connectivity index (χ3n) is 11.0. The molecule has 57 heavy (non-hydrogen) atoms. The van der Waals surface area contributed by atoms with Crippen LogP contribution in [0.4, 0.5) is 20.3 Å². The number of nitrogens with zero attached hydrogens (tertiary/aromatic N) is 1. The van der Waals surface area contributed by atoms with Crippen molar-refractivity contribution in [1.29, 1.82) is 0 Å². The Morgan fingerprint density at radius 3 is 2.42 bits per heavy atom. The summed E-state index contributed by atoms with van der Waals surface area (Å²) in [6.07, 6.45) is 2.55. The van der Waals surface area contributed by atoms with Crippen LogP contribution in [0.25, 0.3) is 0 Å². The third-order valence-corrected chi connectivity index (χ3v) is 14.0. The second-order valence-electron chi connectivity index (χ2n) is 16.4. The summed E-state index contributed by atoms with van der Waals surface area (Å²) in [6, 6.07) is 12.2. The number of nitrogens with one attached hydrogen (secondary N) is 3. The second-order valence-corrected chi connectivity index (χ2v) is 19.5. The maximum Gasteiger partial charge on any atom is 0.407 e. The van der Waals surface area contributed by atoms with E-state index in [2.05, 4.69) is 29.8 Å². The van der Waals surface area contributed by atoms with Crippen molar-refractivity contribution in [3.63, 3.8) is 0 Å². The van der Waals surface area contributed by atoms with Crippen LogP contribution in [0.15, 0.2) is 53.4 Å². The van der Waals surface area contributed by atoms with E-state index in [1.165, 1.54) is 34.9 Å². The van der Waals surface area contributed by atoms with Crippen molar-refractivity contribution in [2.24, 2.45) is 17.3 Å². The highest BCUT2D eigenvalue weighted by Crippen LogP contribution is 2.44. The highest BCUT2D eigenvalue weighted by atomic mass is 32.2. The maximum atomic E-state index is 13.9. The van der Waals surface area contributed by atoms with Crippen molar-refractivity contribution in [3.05, 3.63) is 70.1 Å². The molecule has 0 radical (unpaired) electrons. The molecule has 2 aromatic carbocycles. The van der Waals surface area contributed by atoms with Gasteiger partial charge in [0.25, 0.3) is 0 Å². The molecule has 1 aromatic heterocycles. The Hall–Kier alpha value is -4.22. The van der Waals surface area contributed by atoms with Crippen LogP contribution in [0, 0.1) is 17.3 Å². The maximum absolute atomic E-state index is 13.9. The van der Waals surface area contributed by atoms with Gasteiger partial charge in [0.05, 0.1) is 36.7 Å². The summed E-state index contributed by atoms with van der Waals surface area (Å²) in [5.41, 5.74) is 2.23. The first kappa shape index (κ1) is 42.4. The zero-order chi connectivity index (χ0) is 41.1. The Kier molecular flexibility index (Phi) is 12.9. The molecular formula is C41H54N4O10S2. The monoisotopic (exact) mass is 826 g/mol. The number of methoxy groups -OCH3 is 1. The number of carbonyl (C=O) groups excluding carboxylic acids is 2. The Morgan fingerprint density at radius 1 is 1.04 bits per heavy atom. The van der Waals surface area contributed by atoms with Gasteiger partial charge in [-0.1, -0.05) is 39.8 Å². The Balaban J connectivity index is 1.15. The van der Waals surface area contributed by atoms with Crippen molar-refractivity contribution >= 4 is 50.1 Å². The number of carboxylic acids is 1. The second kappa shape index (κ2) is 17.3. The molecule has 0 unspecified atom stereocenters. The van der Waals surface area contributed by atoms with Crippen LogP contribution in [-0.4, -0.2) is 87.3 Å². The van der Waals surface area contributed by atoms with Gasteiger partial charge in [-0.3, -0.25) is 5.32 Å². The average molecular weight is 827 g/mol. The minimum atomic E-state index is -3.88. The Morgan fingerprint density at radius 2 is 1.75 bits per heavy atom. The van der Waals surface area contributed by atoms with Crippen molar-refractivity contribution in [2.45, 2.75) is 96.0 Å². The number of carbonyl (C=O) groups is 3. The smallest absolute Gasteiger partial charge is 0.407 e. The SMILES string of the molecule is COc1ccc(S(=O)(=O)N(CC[C@H](Cc2ccc(NC(=O)Nc3sc4c(c3C(=O)O)CC(C)(C)CC4)cc2)NC(=O)O[C@H]2CO[C@@]3(C)OCC[C@@H]23)CC(C)C)cc1. The number of amides is 3. The topological polar surface area (TPSA) is 182 Å². The Bertz CT molecular complexity index is 2030. The fourth-order valence-electron chi connectivity index (χ4n) is 7.90. The van der Waals surface area contributed by atoms with E-state index >= 15 is 0 Å². The molecule has 16 heteroatoms. The molecule has 1 aliphatic carbocycles. The first-order valence-corrected chi connectivity index (χ1v) is 21.7. The van der Waals surface area contributed by atoms with Gasteiger partial charge in [0.15, 0.2) is 5.79 Å². The molecule has 310 valence electrons. The lowest BCUT2D eigenvalue weighted by atomic mass is 9.76. The van der Waals surface area contributed by atoms with Gasteiger partial charge in [0, 0.05) is 29.7 Å². The molecule has 0 bridgehead atoms. The van der Waals surface area contributed by atoms with Crippen LogP contribution < -0.4 is 20.7 Å². The van der Waals surface area contributed by atoms with E-state index in [1.54, 1.807) is 24.3 Å². The number of hydrogen-bond donors (Lipinski definition) is 4. The van der Waals surface area contributed by atoms with Crippen LogP contribution in [-0.2, 0) is 43.5 Å². The number of aryl methyl sites for hydroxylation is 1. The summed E-state index contributed by atoms with van der Waals surface area (Å²) in [5.74, 6) is -1.37. The molecule has 14 nitrogen and oxygen atoms in total. The fraction of sp³-hybridized carbons (Fsp3) is 0.537. The highest BCUT2D eigenvalue weighted by Gasteiger charge is 2.53. The van der Waals surface area contributed by atoms with Gasteiger partial charge < -0.3 is 34.7 Å². The van der Waals surface area contributed by atoms with Crippen molar-refractivity contribution < 1.29 is 46.9 Å². The molecule has 3 amide bonds. The van der Waals surface area contributed by atoms with Crippen LogP contribution in [0.2, 0.25) is 0 Å². The van der Waals surface area contributed by atoms with E-state index in [0.29, 0.717) is 42.3 Å². The zero-order valence-electron chi connectivity index (χ0n) is 33.4. The number of benzene rings is 2. The molecular weight excluding hydrogens is 773 g/mol. The van der Waals surface area contributed by atoms with Gasteiger partial charge >= 0.3 is 18.1 Å². The minimum absolute atomic E-state index is 0.0191. The summed E-state index contributed by atoms with van der Waals surface area (Å²) in [6.45, 7) is 11.1. The van der Waals surface area contributed by atoms with Gasteiger partial charge in [-0.15, -0.1) is 11.3 Å². The molecule has 2 fully saturated rings. The number of rotatable bonds is 15. The molecule has 2 saturated heterocycles. The molecule has 4 atom stereocenters. The molecule has 2 aliphatic heterocycles. The van der Waals surface area contributed by atoms with E-state index in [-0.39, 0.29) is 53.8 Å². The predicted molar refractivity (Wildman–Crippen MR) is 217 cm³/mol. The normalized spacial score (nSPS) is 21.8. The van der Waals surface area contributed by atoms with Crippen molar-refractivity contribution in [3.8, 4) is 5.75 Å². The first-order valence-electron chi connectivity index (χ1n) is 19.4. The minimum Gasteiger partial charge on any atom is -0.497 e. The number of fused-ring (bicyclic) bond motifs is 2. The van der Waals surface area contributed by atoms with Gasteiger partial charge in [0.1, 0.15) is 16.9 Å². The number of anilines is 2. The molecule has 3 aromatic rings. The van der Waals surface area contributed by atoms with Crippen molar-refractivity contribution in [2.75, 3.05) is 44.0 Å². The molecule has 3 aliphatic rings. The number of aromatic carboxylic acids is 1. The Labute approximate surface area is 338 Å². The largest absolute Gasteiger partial charge is 0.497 e. The van der Waals surface area contributed by atoms with Crippen LogP contribution in [0.1, 0.15) is 80.2 Å². The van der Waals surface area contributed by atoms with Crippen LogP contribution in [0.3, 0.4) is 0 Å². The molecule has 0 spiro atoms. The summed E-state index contributed by atoms with van der Waals surface area (Å²) < 4.78 is 51.9. The van der Waals surface area contributed by atoms with E-state index in [9.17, 15) is 27.9 Å². The van der Waals surface area contributed by atoms with E-state index in [1.807, 2.05) is 32.9 Å². The summed E-state index contributed by atoms with van der Waals surface area (Å²) in [4.78, 5) is 39.9. The summed E-state index contributed by atoms with van der Waals surface area (Å²) in [5, 5.41) is 18.9. The summed E-state index contributed by atoms with van der Waals surface area (Å²) >= 11 is 1.31. The van der Waals surface area contributed by atoms with Gasteiger partial charge in [-0.2, -0.15) is 4.31 Å². The van der Waals surface area contributed by atoms with Crippen molar-refractivity contribution in [1.82, 2.24) is 9.62 Å². The predicted octanol–water partition coefficient (Wildman–Crippen LogP) is 7.14. The molecule has 6 rings (SSSR count). The third kappa shape index (κ3) is 10.1. The summed E-state index contributed by atoms with van der Waals surface area (Å²) in [7, 11) is -2.36. The number of hydrogen-bond acceptors (Lipinski definition) is 10. The van der Waals surface area contributed by atoms with Crippen LogP contribution >= 0.6 is 11.3 Å². The molecule has 0 saturated carbocycles. The number of urea groups is 1. The van der Waals surface area contributed by atoms with E-state index < -0.39 is 46.0 Å². The highest BCUT2D eigenvalue weighted by molar-refractivity contribution is 7.89.